The number of aromatic nitrogens is 3. The third-order valence-corrected chi connectivity index (χ3v) is 7.27. The SMILES string of the molecule is Cc1nn(-c2nc3ccccc3s2)c2c1[C@H](c1cccc(C(F)(F)F)c1)SCC(=O)N2. The fourth-order valence-corrected chi connectivity index (χ4v) is 5.72. The monoisotopic (exact) mass is 460 g/mol. The van der Waals surface area contributed by atoms with Gasteiger partial charge in [0.2, 0.25) is 11.0 Å². The van der Waals surface area contributed by atoms with Crippen LogP contribution in [0, 0.1) is 6.92 Å². The van der Waals surface area contributed by atoms with Gasteiger partial charge in [0.05, 0.1) is 32.5 Å². The maximum Gasteiger partial charge on any atom is 0.416 e. The van der Waals surface area contributed by atoms with E-state index in [-0.39, 0.29) is 11.7 Å². The summed E-state index contributed by atoms with van der Waals surface area (Å²) in [4.78, 5) is 17.1. The van der Waals surface area contributed by atoms with Crippen LogP contribution in [0.5, 0.6) is 0 Å². The van der Waals surface area contributed by atoms with Crippen LogP contribution in [0.3, 0.4) is 0 Å². The number of nitrogens with one attached hydrogen (secondary N) is 1. The van der Waals surface area contributed by atoms with Crippen molar-refractivity contribution in [3.05, 3.63) is 70.9 Å². The molecule has 0 spiro atoms. The second-order valence-electron chi connectivity index (χ2n) is 7.09. The summed E-state index contributed by atoms with van der Waals surface area (Å²) in [7, 11) is 0. The average Bonchev–Trinajstić information content (AvgIpc) is 3.24. The zero-order valence-corrected chi connectivity index (χ0v) is 17.7. The van der Waals surface area contributed by atoms with Crippen LogP contribution < -0.4 is 5.32 Å². The molecule has 1 aliphatic rings. The molecule has 0 fully saturated rings. The molecule has 0 bridgehead atoms. The van der Waals surface area contributed by atoms with E-state index in [9.17, 15) is 18.0 Å². The molecule has 1 aliphatic heterocycles. The summed E-state index contributed by atoms with van der Waals surface area (Å²) in [6.45, 7) is 1.79. The molecule has 0 aliphatic carbocycles. The first-order valence-electron chi connectivity index (χ1n) is 9.35. The van der Waals surface area contributed by atoms with Crippen molar-refractivity contribution in [1.82, 2.24) is 14.8 Å². The molecular weight excluding hydrogens is 445 g/mol. The van der Waals surface area contributed by atoms with Gasteiger partial charge in [0.25, 0.3) is 0 Å². The largest absolute Gasteiger partial charge is 0.416 e. The number of thioether (sulfide) groups is 1. The number of nitrogens with zero attached hydrogens (tertiary/aromatic N) is 3. The summed E-state index contributed by atoms with van der Waals surface area (Å²) in [6, 6.07) is 12.9. The molecule has 3 heterocycles. The molecule has 1 atom stereocenters. The van der Waals surface area contributed by atoms with E-state index < -0.39 is 17.0 Å². The van der Waals surface area contributed by atoms with Crippen molar-refractivity contribution in [2.45, 2.75) is 18.3 Å². The zero-order valence-electron chi connectivity index (χ0n) is 16.1. The Morgan fingerprint density at radius 1 is 1.16 bits per heavy atom. The fraction of sp³-hybridized carbons (Fsp3) is 0.190. The van der Waals surface area contributed by atoms with E-state index in [4.69, 9.17) is 0 Å². The lowest BCUT2D eigenvalue weighted by Crippen LogP contribution is -2.15. The Morgan fingerprint density at radius 2 is 1.97 bits per heavy atom. The third kappa shape index (κ3) is 3.59. The molecule has 2 aromatic heterocycles. The highest BCUT2D eigenvalue weighted by Crippen LogP contribution is 2.45. The molecule has 4 aromatic rings. The van der Waals surface area contributed by atoms with Crippen LogP contribution >= 0.6 is 23.1 Å². The number of rotatable bonds is 2. The van der Waals surface area contributed by atoms with E-state index in [0.717, 1.165) is 22.3 Å². The Kier molecular flexibility index (Phi) is 4.78. The first-order valence-corrected chi connectivity index (χ1v) is 11.2. The number of amides is 1. The minimum Gasteiger partial charge on any atom is -0.310 e. The van der Waals surface area contributed by atoms with Crippen molar-refractivity contribution in [3.8, 4) is 5.13 Å². The van der Waals surface area contributed by atoms with E-state index in [1.165, 1.54) is 29.2 Å². The van der Waals surface area contributed by atoms with Crippen molar-refractivity contribution < 1.29 is 18.0 Å². The fourth-order valence-electron chi connectivity index (χ4n) is 3.61. The highest BCUT2D eigenvalue weighted by atomic mass is 32.2. The van der Waals surface area contributed by atoms with Crippen molar-refractivity contribution in [2.24, 2.45) is 0 Å². The summed E-state index contributed by atoms with van der Waals surface area (Å²) in [6.07, 6.45) is -4.44. The second kappa shape index (κ2) is 7.38. The molecule has 158 valence electrons. The smallest absolute Gasteiger partial charge is 0.310 e. The van der Waals surface area contributed by atoms with Crippen molar-refractivity contribution in [2.75, 3.05) is 11.1 Å². The van der Waals surface area contributed by atoms with Crippen LogP contribution in [0.1, 0.15) is 27.6 Å². The summed E-state index contributed by atoms with van der Waals surface area (Å²) in [5, 5.41) is 7.59. The Morgan fingerprint density at radius 3 is 2.74 bits per heavy atom. The van der Waals surface area contributed by atoms with Crippen LogP contribution in [0.4, 0.5) is 19.0 Å². The van der Waals surface area contributed by atoms with Gasteiger partial charge in [0.15, 0.2) is 0 Å². The number of benzene rings is 2. The van der Waals surface area contributed by atoms with Gasteiger partial charge in [-0.15, -0.1) is 11.8 Å². The third-order valence-electron chi connectivity index (χ3n) is 4.99. The lowest BCUT2D eigenvalue weighted by atomic mass is 10.0. The van der Waals surface area contributed by atoms with Crippen molar-refractivity contribution >= 4 is 45.0 Å². The summed E-state index contributed by atoms with van der Waals surface area (Å²) in [5.74, 6) is 0.339. The van der Waals surface area contributed by atoms with Crippen LogP contribution in [0.15, 0.2) is 48.5 Å². The number of aryl methyl sites for hydroxylation is 1. The Hall–Kier alpha value is -2.85. The van der Waals surface area contributed by atoms with Crippen molar-refractivity contribution in [3.63, 3.8) is 0 Å². The molecular formula is C21H15F3N4OS2. The molecule has 0 saturated heterocycles. The summed E-state index contributed by atoms with van der Waals surface area (Å²) < 4.78 is 42.4. The van der Waals surface area contributed by atoms with Gasteiger partial charge in [0, 0.05) is 5.56 Å². The first kappa shape index (κ1) is 20.1. The normalized spacial score (nSPS) is 16.8. The predicted molar refractivity (Wildman–Crippen MR) is 116 cm³/mol. The molecule has 2 aromatic carbocycles. The van der Waals surface area contributed by atoms with Crippen molar-refractivity contribution in [1.29, 1.82) is 0 Å². The second-order valence-corrected chi connectivity index (χ2v) is 9.19. The molecule has 1 amide bonds. The minimum absolute atomic E-state index is 0.120. The van der Waals surface area contributed by atoms with Gasteiger partial charge < -0.3 is 5.32 Å². The number of para-hydroxylation sites is 1. The maximum absolute atomic E-state index is 13.3. The van der Waals surface area contributed by atoms with E-state index in [0.29, 0.717) is 27.8 Å². The number of carbonyl (C=O) groups excluding carboxylic acids is 1. The number of alkyl halides is 3. The topological polar surface area (TPSA) is 59.8 Å². The van der Waals surface area contributed by atoms with Gasteiger partial charge in [0.1, 0.15) is 5.82 Å². The van der Waals surface area contributed by atoms with Gasteiger partial charge in [-0.3, -0.25) is 4.79 Å². The first-order chi connectivity index (χ1) is 14.8. The summed E-state index contributed by atoms with van der Waals surface area (Å²) >= 11 is 2.72. The maximum atomic E-state index is 13.3. The molecule has 5 nitrogen and oxygen atoms in total. The Balaban J connectivity index is 1.67. The molecule has 31 heavy (non-hydrogen) atoms. The standard InChI is InChI=1S/C21H15F3N4OS2/c1-11-17-18(12-5-4-6-13(9-12)21(22,23)24)30-10-16(29)26-19(17)28(27-11)20-25-14-7-2-3-8-15(14)31-20/h2-9,18H,10H2,1H3,(H,26,29)/t18-/m0/s1. The lowest BCUT2D eigenvalue weighted by molar-refractivity contribution is -0.137. The molecule has 10 heteroatoms. The summed E-state index contributed by atoms with van der Waals surface area (Å²) in [5.41, 5.74) is 1.89. The molecule has 1 N–H and O–H groups in total. The van der Waals surface area contributed by atoms with Crippen LogP contribution in [-0.2, 0) is 11.0 Å². The predicted octanol–water partition coefficient (Wildman–Crippen LogP) is 5.58. The Bertz CT molecular complexity index is 1280. The Labute approximate surface area is 183 Å². The van der Waals surface area contributed by atoms with Gasteiger partial charge in [-0.05, 0) is 30.7 Å². The van der Waals surface area contributed by atoms with Gasteiger partial charge in [-0.2, -0.15) is 23.0 Å². The number of anilines is 1. The zero-order chi connectivity index (χ0) is 21.8. The highest BCUT2D eigenvalue weighted by molar-refractivity contribution is 8.00. The number of hydrogen-bond donors (Lipinski definition) is 1. The van der Waals surface area contributed by atoms with E-state index in [2.05, 4.69) is 15.4 Å². The van der Waals surface area contributed by atoms with Gasteiger partial charge in [-0.25, -0.2) is 4.98 Å². The average molecular weight is 461 g/mol. The number of fused-ring (bicyclic) bond motifs is 2. The molecule has 5 rings (SSSR count). The lowest BCUT2D eigenvalue weighted by Gasteiger charge is -2.17. The van der Waals surface area contributed by atoms with Crippen LogP contribution in [0.25, 0.3) is 15.3 Å². The van der Waals surface area contributed by atoms with E-state index in [1.807, 2.05) is 24.3 Å². The number of halogens is 3. The van der Waals surface area contributed by atoms with Gasteiger partial charge in [-0.1, -0.05) is 41.7 Å². The quantitative estimate of drug-likeness (QED) is 0.424. The molecule has 0 unspecified atom stereocenters. The minimum atomic E-state index is -4.44. The van der Waals surface area contributed by atoms with Gasteiger partial charge >= 0.3 is 6.18 Å². The van der Waals surface area contributed by atoms with E-state index >= 15 is 0 Å². The molecule has 0 radical (unpaired) electrons. The van der Waals surface area contributed by atoms with Crippen LogP contribution in [0.2, 0.25) is 0 Å². The van der Waals surface area contributed by atoms with E-state index in [1.54, 1.807) is 17.7 Å². The number of carbonyl (C=O) groups is 1. The van der Waals surface area contributed by atoms with Crippen LogP contribution in [-0.4, -0.2) is 26.4 Å². The highest BCUT2D eigenvalue weighted by Gasteiger charge is 2.34. The number of hydrogen-bond acceptors (Lipinski definition) is 5. The number of thiazole rings is 1. The molecule has 0 saturated carbocycles.